The number of fused-ring (bicyclic) bond motifs is 1. The number of hydrogen-bond acceptors (Lipinski definition) is 4. The molecule has 1 heterocycles. The average molecular weight is 257 g/mol. The largest absolute Gasteiger partial charge is 0.434 e. The van der Waals surface area contributed by atoms with E-state index < -0.39 is 18.0 Å². The van der Waals surface area contributed by atoms with Crippen LogP contribution in [0.1, 0.15) is 5.69 Å². The highest BCUT2D eigenvalue weighted by Crippen LogP contribution is 2.28. The minimum Gasteiger partial charge on any atom is -0.410 e. The molecular formula is C10H6F3N3O2. The van der Waals surface area contributed by atoms with E-state index in [-0.39, 0.29) is 16.8 Å². The summed E-state index contributed by atoms with van der Waals surface area (Å²) in [5.41, 5.74) is 3.88. The maximum atomic E-state index is 12.4. The molecule has 2 rings (SSSR count). The van der Waals surface area contributed by atoms with Gasteiger partial charge in [-0.1, -0.05) is 0 Å². The van der Waals surface area contributed by atoms with Gasteiger partial charge in [-0.05, 0) is 12.1 Å². The maximum absolute atomic E-state index is 12.4. The molecule has 0 fully saturated rings. The van der Waals surface area contributed by atoms with Crippen LogP contribution in [0.15, 0.2) is 24.4 Å². The van der Waals surface area contributed by atoms with Crippen LogP contribution in [0.3, 0.4) is 0 Å². The minimum absolute atomic E-state index is 0.00336. The third-order valence-electron chi connectivity index (χ3n) is 2.02. The predicted molar refractivity (Wildman–Crippen MR) is 54.8 cm³/mol. The van der Waals surface area contributed by atoms with Crippen LogP contribution in [0.4, 0.5) is 18.0 Å². The molecule has 94 valence electrons. The second-order valence-corrected chi connectivity index (χ2v) is 3.32. The number of carbonyl (C=O) groups is 1. The lowest BCUT2D eigenvalue weighted by molar-refractivity contribution is -0.141. The number of nitrogens with zero attached hydrogens (tertiary/aromatic N) is 2. The summed E-state index contributed by atoms with van der Waals surface area (Å²) < 4.78 is 41.8. The first-order chi connectivity index (χ1) is 8.36. The zero-order valence-electron chi connectivity index (χ0n) is 8.73. The van der Waals surface area contributed by atoms with Gasteiger partial charge in [0, 0.05) is 6.07 Å². The number of hydrogen-bond donors (Lipinski definition) is 1. The molecule has 2 aromatic rings. The van der Waals surface area contributed by atoms with E-state index in [4.69, 9.17) is 5.73 Å². The van der Waals surface area contributed by atoms with Gasteiger partial charge in [0.15, 0.2) is 5.69 Å². The number of nitrogens with two attached hydrogens (primary N) is 1. The van der Waals surface area contributed by atoms with Crippen molar-refractivity contribution in [2.45, 2.75) is 6.18 Å². The monoisotopic (exact) mass is 257 g/mol. The molecule has 2 N–H and O–H groups in total. The number of alkyl halides is 3. The number of benzene rings is 1. The van der Waals surface area contributed by atoms with Crippen molar-refractivity contribution in [3.05, 3.63) is 30.1 Å². The fourth-order valence-electron chi connectivity index (χ4n) is 1.31. The van der Waals surface area contributed by atoms with Gasteiger partial charge < -0.3 is 10.5 Å². The van der Waals surface area contributed by atoms with Crippen LogP contribution in [0.2, 0.25) is 0 Å². The Balaban J connectivity index is 2.50. The Morgan fingerprint density at radius 1 is 1.28 bits per heavy atom. The van der Waals surface area contributed by atoms with Crippen molar-refractivity contribution in [2.75, 3.05) is 0 Å². The van der Waals surface area contributed by atoms with Crippen molar-refractivity contribution in [3.63, 3.8) is 0 Å². The van der Waals surface area contributed by atoms with Gasteiger partial charge >= 0.3 is 12.3 Å². The SMILES string of the molecule is NC(=O)Oc1ccc2ncc(C(F)(F)F)nc2c1. The van der Waals surface area contributed by atoms with Crippen LogP contribution in [-0.4, -0.2) is 16.1 Å². The first kappa shape index (κ1) is 12.1. The standard InChI is InChI=1S/C10H6F3N3O2/c11-10(12,13)8-4-15-6-2-1-5(18-9(14)17)3-7(6)16-8/h1-4H,(H2,14,17). The van der Waals surface area contributed by atoms with Crippen LogP contribution in [0, 0.1) is 0 Å². The van der Waals surface area contributed by atoms with Crippen molar-refractivity contribution in [2.24, 2.45) is 5.73 Å². The molecule has 1 aromatic heterocycles. The Hall–Kier alpha value is -2.38. The van der Waals surface area contributed by atoms with E-state index >= 15 is 0 Å². The zero-order valence-corrected chi connectivity index (χ0v) is 8.73. The third kappa shape index (κ3) is 2.47. The summed E-state index contributed by atoms with van der Waals surface area (Å²) in [7, 11) is 0. The molecule has 0 aliphatic rings. The van der Waals surface area contributed by atoms with E-state index in [0.29, 0.717) is 6.20 Å². The Kier molecular flexibility index (Phi) is 2.77. The number of aromatic nitrogens is 2. The number of halogens is 3. The summed E-state index contributed by atoms with van der Waals surface area (Å²) in [6.45, 7) is 0. The molecule has 0 bridgehead atoms. The quantitative estimate of drug-likeness (QED) is 0.848. The highest BCUT2D eigenvalue weighted by Gasteiger charge is 2.33. The fraction of sp³-hybridized carbons (Fsp3) is 0.100. The summed E-state index contributed by atoms with van der Waals surface area (Å²) in [5.74, 6) is 0.00336. The molecule has 1 aromatic carbocycles. The van der Waals surface area contributed by atoms with E-state index in [2.05, 4.69) is 14.7 Å². The summed E-state index contributed by atoms with van der Waals surface area (Å²) in [4.78, 5) is 17.5. The van der Waals surface area contributed by atoms with Gasteiger partial charge in [-0.3, -0.25) is 4.98 Å². The Morgan fingerprint density at radius 2 is 2.00 bits per heavy atom. The summed E-state index contributed by atoms with van der Waals surface area (Å²) in [6, 6.07) is 3.89. The van der Waals surface area contributed by atoms with E-state index in [0.717, 1.165) is 6.07 Å². The maximum Gasteiger partial charge on any atom is 0.434 e. The lowest BCUT2D eigenvalue weighted by Gasteiger charge is -2.06. The molecule has 1 amide bonds. The third-order valence-corrected chi connectivity index (χ3v) is 2.02. The van der Waals surface area contributed by atoms with Crippen LogP contribution < -0.4 is 10.5 Å². The summed E-state index contributed by atoms with van der Waals surface area (Å²) in [5, 5.41) is 0. The number of carbonyl (C=O) groups excluding carboxylic acids is 1. The molecule has 0 unspecified atom stereocenters. The van der Waals surface area contributed by atoms with Crippen LogP contribution in [0.5, 0.6) is 5.75 Å². The highest BCUT2D eigenvalue weighted by atomic mass is 19.4. The van der Waals surface area contributed by atoms with E-state index in [1.165, 1.54) is 12.1 Å². The van der Waals surface area contributed by atoms with Gasteiger partial charge in [0.1, 0.15) is 5.75 Å². The molecule has 8 heteroatoms. The normalized spacial score (nSPS) is 11.5. The summed E-state index contributed by atoms with van der Waals surface area (Å²) in [6.07, 6.45) is -5.01. The number of rotatable bonds is 1. The van der Waals surface area contributed by atoms with Crippen molar-refractivity contribution in [3.8, 4) is 5.75 Å². The number of primary amides is 1. The average Bonchev–Trinajstić information content (AvgIpc) is 2.26. The van der Waals surface area contributed by atoms with E-state index in [1.807, 2.05) is 0 Å². The minimum atomic E-state index is -4.58. The first-order valence-corrected chi connectivity index (χ1v) is 4.67. The molecule has 0 atom stereocenters. The molecule has 0 saturated carbocycles. The second-order valence-electron chi connectivity index (χ2n) is 3.32. The predicted octanol–water partition coefficient (Wildman–Crippen LogP) is 2.11. The summed E-state index contributed by atoms with van der Waals surface area (Å²) >= 11 is 0. The Morgan fingerprint density at radius 3 is 2.61 bits per heavy atom. The molecule has 0 aliphatic carbocycles. The topological polar surface area (TPSA) is 78.1 Å². The van der Waals surface area contributed by atoms with Gasteiger partial charge in [0.05, 0.1) is 17.2 Å². The van der Waals surface area contributed by atoms with Crippen molar-refractivity contribution in [1.82, 2.24) is 9.97 Å². The van der Waals surface area contributed by atoms with E-state index in [1.54, 1.807) is 0 Å². The van der Waals surface area contributed by atoms with Crippen molar-refractivity contribution >= 4 is 17.1 Å². The molecule has 18 heavy (non-hydrogen) atoms. The van der Waals surface area contributed by atoms with Gasteiger partial charge in [-0.15, -0.1) is 0 Å². The number of amides is 1. The molecule has 0 spiro atoms. The lowest BCUT2D eigenvalue weighted by Crippen LogP contribution is -2.16. The van der Waals surface area contributed by atoms with Gasteiger partial charge in [-0.2, -0.15) is 13.2 Å². The van der Waals surface area contributed by atoms with Crippen molar-refractivity contribution < 1.29 is 22.7 Å². The molecule has 0 saturated heterocycles. The van der Waals surface area contributed by atoms with Crippen LogP contribution in [0.25, 0.3) is 11.0 Å². The van der Waals surface area contributed by atoms with Crippen molar-refractivity contribution in [1.29, 1.82) is 0 Å². The van der Waals surface area contributed by atoms with Gasteiger partial charge in [-0.25, -0.2) is 9.78 Å². The van der Waals surface area contributed by atoms with Gasteiger partial charge in [0.2, 0.25) is 0 Å². The lowest BCUT2D eigenvalue weighted by atomic mass is 10.2. The fourth-order valence-corrected chi connectivity index (χ4v) is 1.31. The van der Waals surface area contributed by atoms with E-state index in [9.17, 15) is 18.0 Å². The Bertz CT molecular complexity index is 613. The van der Waals surface area contributed by atoms with Gasteiger partial charge in [0.25, 0.3) is 0 Å². The highest BCUT2D eigenvalue weighted by molar-refractivity contribution is 5.77. The van der Waals surface area contributed by atoms with Crippen LogP contribution in [-0.2, 0) is 6.18 Å². The first-order valence-electron chi connectivity index (χ1n) is 4.67. The van der Waals surface area contributed by atoms with Crippen LogP contribution >= 0.6 is 0 Å². The molecular weight excluding hydrogens is 251 g/mol. The molecule has 5 nitrogen and oxygen atoms in total. The zero-order chi connectivity index (χ0) is 13.3. The molecule has 0 radical (unpaired) electrons. The Labute approximate surface area is 98.4 Å². The second kappa shape index (κ2) is 4.13. The smallest absolute Gasteiger partial charge is 0.410 e. The molecule has 0 aliphatic heterocycles. The number of ether oxygens (including phenoxy) is 1.